The third-order valence-corrected chi connectivity index (χ3v) is 3.27. The minimum absolute atomic E-state index is 0.00569. The number of methoxy groups -OCH3 is 1. The smallest absolute Gasteiger partial charge is 0.136 e. The van der Waals surface area contributed by atoms with Gasteiger partial charge < -0.3 is 14.8 Å². The van der Waals surface area contributed by atoms with Gasteiger partial charge in [0, 0.05) is 6.54 Å². The van der Waals surface area contributed by atoms with Crippen molar-refractivity contribution >= 4 is 0 Å². The third kappa shape index (κ3) is 4.80. The van der Waals surface area contributed by atoms with Crippen LogP contribution in [0.2, 0.25) is 0 Å². The van der Waals surface area contributed by atoms with Gasteiger partial charge in [0.15, 0.2) is 0 Å². The molecule has 0 fully saturated rings. The van der Waals surface area contributed by atoms with Gasteiger partial charge in [-0.05, 0) is 42.8 Å². The molecule has 0 spiro atoms. The van der Waals surface area contributed by atoms with E-state index in [9.17, 15) is 0 Å². The summed E-state index contributed by atoms with van der Waals surface area (Å²) in [5.74, 6) is 1.69. The maximum Gasteiger partial charge on any atom is 0.136 e. The third-order valence-electron chi connectivity index (χ3n) is 3.27. The van der Waals surface area contributed by atoms with Crippen LogP contribution in [0.25, 0.3) is 0 Å². The first-order valence-electron chi connectivity index (χ1n) is 7.40. The Balaban J connectivity index is 2.07. The SMILES string of the molecule is CCCNCC(Oc1ccc(OC)cc1)c1ccccc1. The van der Waals surface area contributed by atoms with E-state index >= 15 is 0 Å². The van der Waals surface area contributed by atoms with E-state index in [1.165, 1.54) is 5.56 Å². The zero-order valence-corrected chi connectivity index (χ0v) is 12.7. The Morgan fingerprint density at radius 1 is 0.952 bits per heavy atom. The largest absolute Gasteiger partial charge is 0.497 e. The van der Waals surface area contributed by atoms with E-state index < -0.39 is 0 Å². The Morgan fingerprint density at radius 2 is 1.62 bits per heavy atom. The fourth-order valence-electron chi connectivity index (χ4n) is 2.12. The minimum atomic E-state index is 0.00569. The first-order chi connectivity index (χ1) is 10.3. The summed E-state index contributed by atoms with van der Waals surface area (Å²) in [4.78, 5) is 0. The highest BCUT2D eigenvalue weighted by Gasteiger charge is 2.12. The number of hydrogen-bond donors (Lipinski definition) is 1. The number of ether oxygens (including phenoxy) is 2. The van der Waals surface area contributed by atoms with Crippen LogP contribution in [0.1, 0.15) is 25.0 Å². The molecule has 0 aliphatic carbocycles. The Kier molecular flexibility index (Phi) is 6.10. The molecule has 2 aromatic carbocycles. The molecule has 0 bridgehead atoms. The van der Waals surface area contributed by atoms with Crippen molar-refractivity contribution in [3.8, 4) is 11.5 Å². The zero-order chi connectivity index (χ0) is 14.9. The van der Waals surface area contributed by atoms with E-state index in [4.69, 9.17) is 9.47 Å². The second kappa shape index (κ2) is 8.32. The quantitative estimate of drug-likeness (QED) is 0.748. The van der Waals surface area contributed by atoms with Gasteiger partial charge in [0.2, 0.25) is 0 Å². The van der Waals surface area contributed by atoms with E-state index in [0.29, 0.717) is 0 Å². The molecule has 112 valence electrons. The van der Waals surface area contributed by atoms with Crippen molar-refractivity contribution < 1.29 is 9.47 Å². The van der Waals surface area contributed by atoms with Crippen molar-refractivity contribution in [2.45, 2.75) is 19.4 Å². The Bertz CT molecular complexity index is 511. The topological polar surface area (TPSA) is 30.5 Å². The molecule has 0 aromatic heterocycles. The lowest BCUT2D eigenvalue weighted by molar-refractivity contribution is 0.201. The number of nitrogens with one attached hydrogen (secondary N) is 1. The van der Waals surface area contributed by atoms with E-state index in [1.807, 2.05) is 42.5 Å². The molecule has 0 aliphatic heterocycles. The second-order valence-corrected chi connectivity index (χ2v) is 4.90. The number of rotatable bonds is 8. The van der Waals surface area contributed by atoms with E-state index in [0.717, 1.165) is 31.0 Å². The highest BCUT2D eigenvalue weighted by molar-refractivity contribution is 5.32. The first-order valence-corrected chi connectivity index (χ1v) is 7.40. The lowest BCUT2D eigenvalue weighted by Crippen LogP contribution is -2.25. The summed E-state index contributed by atoms with van der Waals surface area (Å²) in [5, 5.41) is 3.43. The molecule has 0 aliphatic rings. The fourth-order valence-corrected chi connectivity index (χ4v) is 2.12. The normalized spacial score (nSPS) is 11.9. The lowest BCUT2D eigenvalue weighted by atomic mass is 10.1. The van der Waals surface area contributed by atoms with E-state index in [-0.39, 0.29) is 6.10 Å². The molecule has 1 unspecified atom stereocenters. The van der Waals surface area contributed by atoms with Gasteiger partial charge in [0.1, 0.15) is 17.6 Å². The maximum absolute atomic E-state index is 6.13. The zero-order valence-electron chi connectivity index (χ0n) is 12.7. The van der Waals surface area contributed by atoms with Gasteiger partial charge in [-0.2, -0.15) is 0 Å². The summed E-state index contributed by atoms with van der Waals surface area (Å²) >= 11 is 0. The van der Waals surface area contributed by atoms with Crippen LogP contribution in [0.5, 0.6) is 11.5 Å². The molecule has 3 nitrogen and oxygen atoms in total. The van der Waals surface area contributed by atoms with Crippen molar-refractivity contribution in [1.29, 1.82) is 0 Å². The first kappa shape index (κ1) is 15.4. The Labute approximate surface area is 126 Å². The summed E-state index contributed by atoms with van der Waals surface area (Å²) < 4.78 is 11.3. The van der Waals surface area contributed by atoms with Gasteiger partial charge >= 0.3 is 0 Å². The van der Waals surface area contributed by atoms with Gasteiger partial charge in [0.25, 0.3) is 0 Å². The van der Waals surface area contributed by atoms with Gasteiger partial charge in [-0.3, -0.25) is 0 Å². The van der Waals surface area contributed by atoms with Crippen molar-refractivity contribution in [3.63, 3.8) is 0 Å². The molecule has 1 N–H and O–H groups in total. The predicted octanol–water partition coefficient (Wildman–Crippen LogP) is 3.81. The lowest BCUT2D eigenvalue weighted by Gasteiger charge is -2.20. The standard InChI is InChI=1S/C18H23NO2/c1-3-13-19-14-18(15-7-5-4-6-8-15)21-17-11-9-16(20-2)10-12-17/h4-12,18-19H,3,13-14H2,1-2H3. The maximum atomic E-state index is 6.13. The molecular weight excluding hydrogens is 262 g/mol. The van der Waals surface area contributed by atoms with E-state index in [1.54, 1.807) is 7.11 Å². The molecule has 2 aromatic rings. The molecule has 0 saturated heterocycles. The summed E-state index contributed by atoms with van der Waals surface area (Å²) in [6, 6.07) is 18.0. The van der Waals surface area contributed by atoms with E-state index in [2.05, 4.69) is 24.4 Å². The Hall–Kier alpha value is -2.00. The molecule has 0 saturated carbocycles. The summed E-state index contributed by atoms with van der Waals surface area (Å²) in [6.45, 7) is 3.95. The Morgan fingerprint density at radius 3 is 2.24 bits per heavy atom. The van der Waals surface area contributed by atoms with Gasteiger partial charge in [-0.15, -0.1) is 0 Å². The fraction of sp³-hybridized carbons (Fsp3) is 0.333. The molecule has 1 atom stereocenters. The van der Waals surface area contributed by atoms with Crippen LogP contribution >= 0.6 is 0 Å². The van der Waals surface area contributed by atoms with Crippen molar-refractivity contribution in [2.75, 3.05) is 20.2 Å². The number of hydrogen-bond acceptors (Lipinski definition) is 3. The average molecular weight is 285 g/mol. The molecule has 0 heterocycles. The van der Waals surface area contributed by atoms with Crippen molar-refractivity contribution in [1.82, 2.24) is 5.32 Å². The van der Waals surface area contributed by atoms with Crippen LogP contribution in [-0.2, 0) is 0 Å². The van der Waals surface area contributed by atoms with Crippen LogP contribution in [0.3, 0.4) is 0 Å². The monoisotopic (exact) mass is 285 g/mol. The van der Waals surface area contributed by atoms with Crippen LogP contribution in [0.4, 0.5) is 0 Å². The van der Waals surface area contributed by atoms with Crippen LogP contribution in [0.15, 0.2) is 54.6 Å². The summed E-state index contributed by atoms with van der Waals surface area (Å²) in [7, 11) is 1.66. The van der Waals surface area contributed by atoms with Gasteiger partial charge in [0.05, 0.1) is 7.11 Å². The van der Waals surface area contributed by atoms with Gasteiger partial charge in [-0.1, -0.05) is 37.3 Å². The summed E-state index contributed by atoms with van der Waals surface area (Å²) in [5.41, 5.74) is 1.18. The minimum Gasteiger partial charge on any atom is -0.497 e. The average Bonchev–Trinajstić information content (AvgIpc) is 2.55. The number of benzene rings is 2. The molecule has 2 rings (SSSR count). The molecule has 0 amide bonds. The second-order valence-electron chi connectivity index (χ2n) is 4.90. The highest BCUT2D eigenvalue weighted by Crippen LogP contribution is 2.23. The van der Waals surface area contributed by atoms with Gasteiger partial charge in [-0.25, -0.2) is 0 Å². The highest BCUT2D eigenvalue weighted by atomic mass is 16.5. The summed E-state index contributed by atoms with van der Waals surface area (Å²) in [6.07, 6.45) is 1.12. The van der Waals surface area contributed by atoms with Crippen LogP contribution in [-0.4, -0.2) is 20.2 Å². The van der Waals surface area contributed by atoms with Crippen LogP contribution in [0, 0.1) is 0 Å². The molecule has 21 heavy (non-hydrogen) atoms. The molecule has 3 heteroatoms. The molecule has 0 radical (unpaired) electrons. The molecular formula is C18H23NO2. The van der Waals surface area contributed by atoms with Crippen molar-refractivity contribution in [2.24, 2.45) is 0 Å². The van der Waals surface area contributed by atoms with Crippen LogP contribution < -0.4 is 14.8 Å². The predicted molar refractivity (Wildman–Crippen MR) is 86.0 cm³/mol. The van der Waals surface area contributed by atoms with Crippen molar-refractivity contribution in [3.05, 3.63) is 60.2 Å².